The van der Waals surface area contributed by atoms with Crippen LogP contribution in [0.3, 0.4) is 0 Å². The lowest BCUT2D eigenvalue weighted by atomic mass is 9.80. The molecule has 0 aromatic heterocycles. The van der Waals surface area contributed by atoms with E-state index in [0.717, 1.165) is 0 Å². The minimum absolute atomic E-state index is 0.0743. The molecule has 188 valence electrons. The molecule has 0 unspecified atom stereocenters. The topological polar surface area (TPSA) is 0 Å². The lowest BCUT2D eigenvalue weighted by molar-refractivity contribution is 0.661. The molecule has 0 nitrogen and oxygen atoms in total. The molecule has 6 aromatic carbocycles. The van der Waals surface area contributed by atoms with Crippen molar-refractivity contribution in [3.8, 4) is 44.5 Å². The maximum atomic E-state index is 2.44. The maximum Gasteiger partial charge on any atom is 0.0159 e. The van der Waals surface area contributed by atoms with E-state index in [9.17, 15) is 0 Å². The van der Waals surface area contributed by atoms with Crippen LogP contribution in [0.4, 0.5) is 0 Å². The summed E-state index contributed by atoms with van der Waals surface area (Å²) in [6.07, 6.45) is 0. The van der Waals surface area contributed by atoms with Crippen LogP contribution in [-0.2, 0) is 5.41 Å². The molecule has 0 radical (unpaired) electrons. The normalized spacial score (nSPS) is 13.3. The van der Waals surface area contributed by atoms with E-state index in [4.69, 9.17) is 0 Å². The summed E-state index contributed by atoms with van der Waals surface area (Å²) in [4.78, 5) is 0. The second-order valence-electron chi connectivity index (χ2n) is 11.5. The second kappa shape index (κ2) is 8.82. The molecule has 1 aliphatic rings. The zero-order chi connectivity index (χ0) is 26.7. The average Bonchev–Trinajstić information content (AvgIpc) is 3.19. The molecule has 0 heterocycles. The van der Waals surface area contributed by atoms with Gasteiger partial charge in [-0.2, -0.15) is 0 Å². The van der Waals surface area contributed by atoms with Gasteiger partial charge in [0.05, 0.1) is 0 Å². The number of hydrogen-bond donors (Lipinski definition) is 0. The fourth-order valence-electron chi connectivity index (χ4n) is 6.57. The van der Waals surface area contributed by atoms with Crippen molar-refractivity contribution in [1.29, 1.82) is 0 Å². The Morgan fingerprint density at radius 1 is 0.410 bits per heavy atom. The van der Waals surface area contributed by atoms with E-state index < -0.39 is 0 Å². The third kappa shape index (κ3) is 3.74. The monoisotopic (exact) mass is 500 g/mol. The minimum atomic E-state index is -0.0743. The van der Waals surface area contributed by atoms with Crippen molar-refractivity contribution in [2.24, 2.45) is 0 Å². The van der Waals surface area contributed by atoms with Gasteiger partial charge in [0.25, 0.3) is 0 Å². The minimum Gasteiger partial charge on any atom is -0.0620 e. The Balaban J connectivity index is 1.31. The van der Waals surface area contributed by atoms with Gasteiger partial charge < -0.3 is 0 Å². The largest absolute Gasteiger partial charge is 0.0620 e. The first-order valence-corrected chi connectivity index (χ1v) is 13.9. The van der Waals surface area contributed by atoms with E-state index in [1.807, 2.05) is 0 Å². The number of hydrogen-bond acceptors (Lipinski definition) is 0. The summed E-state index contributed by atoms with van der Waals surface area (Å²) in [5.74, 6) is 0. The van der Waals surface area contributed by atoms with Crippen LogP contribution >= 0.6 is 0 Å². The molecule has 0 amide bonds. The highest BCUT2D eigenvalue weighted by atomic mass is 14.4. The van der Waals surface area contributed by atoms with Gasteiger partial charge in [0.1, 0.15) is 0 Å². The Morgan fingerprint density at radius 3 is 1.74 bits per heavy atom. The predicted molar refractivity (Wildman–Crippen MR) is 167 cm³/mol. The Labute approximate surface area is 231 Å². The molecule has 0 atom stereocenters. The first kappa shape index (κ1) is 23.7. The van der Waals surface area contributed by atoms with Gasteiger partial charge in [-0.25, -0.2) is 0 Å². The molecule has 0 bridgehead atoms. The highest BCUT2D eigenvalue weighted by Crippen LogP contribution is 2.51. The van der Waals surface area contributed by atoms with Gasteiger partial charge in [-0.15, -0.1) is 0 Å². The maximum absolute atomic E-state index is 2.44. The van der Waals surface area contributed by atoms with Gasteiger partial charge in [-0.05, 0) is 110 Å². The lowest BCUT2D eigenvalue weighted by Crippen LogP contribution is -2.15. The Morgan fingerprint density at radius 2 is 0.974 bits per heavy atom. The van der Waals surface area contributed by atoms with Gasteiger partial charge >= 0.3 is 0 Å². The van der Waals surface area contributed by atoms with E-state index in [0.29, 0.717) is 0 Å². The average molecular weight is 501 g/mol. The van der Waals surface area contributed by atoms with Gasteiger partial charge in [0, 0.05) is 5.41 Å². The van der Waals surface area contributed by atoms with E-state index in [1.165, 1.54) is 77.5 Å². The first-order valence-electron chi connectivity index (χ1n) is 13.9. The van der Waals surface area contributed by atoms with Crippen LogP contribution in [0.2, 0.25) is 0 Å². The van der Waals surface area contributed by atoms with Crippen molar-refractivity contribution in [2.45, 2.75) is 33.1 Å². The highest BCUT2D eigenvalue weighted by molar-refractivity contribution is 5.90. The molecule has 0 saturated heterocycles. The molecule has 0 N–H and O–H groups in total. The molecular formula is C39H32. The first-order chi connectivity index (χ1) is 18.9. The Kier molecular flexibility index (Phi) is 5.35. The molecule has 0 fully saturated rings. The molecule has 1 aliphatic carbocycles. The molecule has 7 rings (SSSR count). The fourth-order valence-corrected chi connectivity index (χ4v) is 6.57. The summed E-state index contributed by atoms with van der Waals surface area (Å²) in [6, 6.07) is 44.9. The lowest BCUT2D eigenvalue weighted by Gasteiger charge is -2.23. The van der Waals surface area contributed by atoms with Crippen LogP contribution in [0.15, 0.2) is 121 Å². The predicted octanol–water partition coefficient (Wildman–Crippen LogP) is 10.8. The zero-order valence-electron chi connectivity index (χ0n) is 23.0. The summed E-state index contributed by atoms with van der Waals surface area (Å²) >= 11 is 0. The second-order valence-corrected chi connectivity index (χ2v) is 11.5. The van der Waals surface area contributed by atoms with Crippen LogP contribution in [0.1, 0.15) is 36.1 Å². The number of rotatable bonds is 3. The van der Waals surface area contributed by atoms with Crippen molar-refractivity contribution in [3.05, 3.63) is 144 Å². The van der Waals surface area contributed by atoms with Crippen molar-refractivity contribution >= 4 is 10.8 Å². The fraction of sp³-hybridized carbons (Fsp3) is 0.128. The summed E-state index contributed by atoms with van der Waals surface area (Å²) in [5.41, 5.74) is 15.9. The highest BCUT2D eigenvalue weighted by Gasteiger charge is 2.36. The molecule has 0 saturated carbocycles. The van der Waals surface area contributed by atoms with Crippen LogP contribution in [0.25, 0.3) is 55.3 Å². The standard InChI is InChI=1S/C39H32/c1-25-10-5-8-13-32(25)34-15-9-14-33(26(34)2)31-19-21-36-35-20-18-30(23-37(35)39(3,4)38(36)24-31)29-17-16-27-11-6-7-12-28(27)22-29/h5-24H,1-4H3. The van der Waals surface area contributed by atoms with Crippen LogP contribution < -0.4 is 0 Å². The Hall–Kier alpha value is -4.42. The molecule has 39 heavy (non-hydrogen) atoms. The molecule has 0 heteroatoms. The molecular weight excluding hydrogens is 468 g/mol. The SMILES string of the molecule is Cc1ccccc1-c1cccc(-c2ccc3c(c2)C(C)(C)c2cc(-c4ccc5ccccc5c4)ccc2-3)c1C. The number of aryl methyl sites for hydroxylation is 1. The Bertz CT molecular complexity index is 1900. The number of benzene rings is 6. The van der Waals surface area contributed by atoms with Gasteiger partial charge in [0.15, 0.2) is 0 Å². The number of fused-ring (bicyclic) bond motifs is 4. The summed E-state index contributed by atoms with van der Waals surface area (Å²) in [6.45, 7) is 9.22. The van der Waals surface area contributed by atoms with Gasteiger partial charge in [-0.1, -0.05) is 117 Å². The quantitative estimate of drug-likeness (QED) is 0.227. The van der Waals surface area contributed by atoms with Gasteiger partial charge in [0.2, 0.25) is 0 Å². The molecule has 0 spiro atoms. The third-order valence-corrected chi connectivity index (χ3v) is 8.84. The van der Waals surface area contributed by atoms with E-state index in [1.54, 1.807) is 0 Å². The van der Waals surface area contributed by atoms with Crippen LogP contribution in [0, 0.1) is 13.8 Å². The van der Waals surface area contributed by atoms with Crippen molar-refractivity contribution in [3.63, 3.8) is 0 Å². The van der Waals surface area contributed by atoms with Gasteiger partial charge in [-0.3, -0.25) is 0 Å². The zero-order valence-corrected chi connectivity index (χ0v) is 23.0. The summed E-state index contributed by atoms with van der Waals surface area (Å²) < 4.78 is 0. The van der Waals surface area contributed by atoms with E-state index >= 15 is 0 Å². The van der Waals surface area contributed by atoms with Crippen molar-refractivity contribution in [2.75, 3.05) is 0 Å². The van der Waals surface area contributed by atoms with Crippen LogP contribution in [0.5, 0.6) is 0 Å². The smallest absolute Gasteiger partial charge is 0.0159 e. The van der Waals surface area contributed by atoms with E-state index in [-0.39, 0.29) is 5.41 Å². The van der Waals surface area contributed by atoms with Crippen LogP contribution in [-0.4, -0.2) is 0 Å². The van der Waals surface area contributed by atoms with Crippen molar-refractivity contribution < 1.29 is 0 Å². The van der Waals surface area contributed by atoms with Crippen molar-refractivity contribution in [1.82, 2.24) is 0 Å². The molecule has 6 aromatic rings. The summed E-state index contributed by atoms with van der Waals surface area (Å²) in [5, 5.41) is 2.57. The third-order valence-electron chi connectivity index (χ3n) is 8.84. The molecule has 0 aliphatic heterocycles. The summed E-state index contributed by atoms with van der Waals surface area (Å²) in [7, 11) is 0. The van der Waals surface area contributed by atoms with E-state index in [2.05, 4.69) is 149 Å².